The summed E-state index contributed by atoms with van der Waals surface area (Å²) in [5, 5.41) is 0.380. The predicted molar refractivity (Wildman–Crippen MR) is 82.7 cm³/mol. The SMILES string of the molecule is Cc1cc(C)cc(C(N)CS(=O)C2CCCCC2)c1. The number of rotatable bonds is 4. The lowest BCUT2D eigenvalue weighted by molar-refractivity contribution is 0.503. The Hall–Kier alpha value is -0.670. The third kappa shape index (κ3) is 4.15. The summed E-state index contributed by atoms with van der Waals surface area (Å²) in [4.78, 5) is 0. The lowest BCUT2D eigenvalue weighted by Gasteiger charge is -2.23. The summed E-state index contributed by atoms with van der Waals surface area (Å²) < 4.78 is 12.4. The number of hydrogen-bond donors (Lipinski definition) is 1. The van der Waals surface area contributed by atoms with Crippen LogP contribution in [0.4, 0.5) is 0 Å². The summed E-state index contributed by atoms with van der Waals surface area (Å²) >= 11 is 0. The van der Waals surface area contributed by atoms with Gasteiger partial charge in [0.05, 0.1) is 0 Å². The Morgan fingerprint density at radius 2 is 1.74 bits per heavy atom. The van der Waals surface area contributed by atoms with E-state index in [1.54, 1.807) is 0 Å². The van der Waals surface area contributed by atoms with E-state index in [0.29, 0.717) is 11.0 Å². The van der Waals surface area contributed by atoms with E-state index >= 15 is 0 Å². The molecule has 3 heteroatoms. The molecule has 2 N–H and O–H groups in total. The normalized spacial score (nSPS) is 20.2. The Morgan fingerprint density at radius 3 is 2.32 bits per heavy atom. The molecule has 1 aromatic carbocycles. The Morgan fingerprint density at radius 1 is 1.16 bits per heavy atom. The first kappa shape index (κ1) is 14.7. The zero-order valence-corrected chi connectivity index (χ0v) is 12.8. The first-order valence-corrected chi connectivity index (χ1v) is 8.65. The Labute approximate surface area is 119 Å². The van der Waals surface area contributed by atoms with Gasteiger partial charge in [-0.3, -0.25) is 4.21 Å². The fraction of sp³-hybridized carbons (Fsp3) is 0.625. The third-order valence-corrected chi connectivity index (χ3v) is 5.84. The molecule has 0 heterocycles. The largest absolute Gasteiger partial charge is 0.323 e. The van der Waals surface area contributed by atoms with Crippen LogP contribution in [0, 0.1) is 13.8 Å². The van der Waals surface area contributed by atoms with Crippen molar-refractivity contribution in [3.63, 3.8) is 0 Å². The second-order valence-corrected chi connectivity index (χ2v) is 7.60. The van der Waals surface area contributed by atoms with Gasteiger partial charge in [-0.25, -0.2) is 0 Å². The average Bonchev–Trinajstić information content (AvgIpc) is 2.38. The molecule has 1 aliphatic carbocycles. The maximum atomic E-state index is 12.4. The van der Waals surface area contributed by atoms with Crippen molar-refractivity contribution in [3.05, 3.63) is 34.9 Å². The maximum Gasteiger partial charge on any atom is 0.0431 e. The highest BCUT2D eigenvalue weighted by Gasteiger charge is 2.22. The Balaban J connectivity index is 1.99. The van der Waals surface area contributed by atoms with Crippen LogP contribution < -0.4 is 5.73 Å². The minimum absolute atomic E-state index is 0.0960. The van der Waals surface area contributed by atoms with Crippen LogP contribution in [-0.2, 0) is 10.8 Å². The number of benzene rings is 1. The molecule has 1 aliphatic rings. The van der Waals surface area contributed by atoms with Crippen LogP contribution in [0.3, 0.4) is 0 Å². The molecule has 0 amide bonds. The fourth-order valence-electron chi connectivity index (χ4n) is 2.96. The molecule has 2 rings (SSSR count). The van der Waals surface area contributed by atoms with Gasteiger partial charge in [0.15, 0.2) is 0 Å². The van der Waals surface area contributed by atoms with Crippen LogP contribution in [-0.4, -0.2) is 15.2 Å². The van der Waals surface area contributed by atoms with Crippen LogP contribution in [0.2, 0.25) is 0 Å². The molecule has 19 heavy (non-hydrogen) atoms. The van der Waals surface area contributed by atoms with Gasteiger partial charge in [0.1, 0.15) is 0 Å². The number of hydrogen-bond acceptors (Lipinski definition) is 2. The standard InChI is InChI=1S/C16H25NOS/c1-12-8-13(2)10-14(9-12)16(17)11-19(18)15-6-4-3-5-7-15/h8-10,15-16H,3-7,11,17H2,1-2H3. The molecule has 0 bridgehead atoms. The first-order valence-electron chi connectivity index (χ1n) is 7.27. The molecule has 2 atom stereocenters. The molecular formula is C16H25NOS. The second-order valence-electron chi connectivity index (χ2n) is 5.83. The van der Waals surface area contributed by atoms with Gasteiger partial charge in [-0.05, 0) is 32.3 Å². The summed E-state index contributed by atoms with van der Waals surface area (Å²) in [6.45, 7) is 4.17. The van der Waals surface area contributed by atoms with Gasteiger partial charge in [-0.1, -0.05) is 48.6 Å². The van der Waals surface area contributed by atoms with E-state index in [0.717, 1.165) is 18.4 Å². The smallest absolute Gasteiger partial charge is 0.0431 e. The summed E-state index contributed by atoms with van der Waals surface area (Å²) in [7, 11) is -0.775. The summed E-state index contributed by atoms with van der Waals surface area (Å²) in [6, 6.07) is 6.29. The van der Waals surface area contributed by atoms with Crippen molar-refractivity contribution in [2.45, 2.75) is 57.2 Å². The van der Waals surface area contributed by atoms with E-state index in [4.69, 9.17) is 5.73 Å². The number of aryl methyl sites for hydroxylation is 2. The molecule has 0 aromatic heterocycles. The molecule has 0 spiro atoms. The molecule has 2 nitrogen and oxygen atoms in total. The minimum atomic E-state index is -0.775. The molecule has 1 fully saturated rings. The van der Waals surface area contributed by atoms with Gasteiger partial charge in [0.2, 0.25) is 0 Å². The van der Waals surface area contributed by atoms with Gasteiger partial charge in [0, 0.05) is 27.8 Å². The molecule has 2 unspecified atom stereocenters. The van der Waals surface area contributed by atoms with Crippen molar-refractivity contribution < 1.29 is 4.21 Å². The molecule has 106 valence electrons. The van der Waals surface area contributed by atoms with Crippen molar-refractivity contribution in [2.24, 2.45) is 5.73 Å². The lowest BCUT2D eigenvalue weighted by Crippen LogP contribution is -2.27. The average molecular weight is 279 g/mol. The zero-order chi connectivity index (χ0) is 13.8. The summed E-state index contributed by atoms with van der Waals surface area (Å²) in [5.74, 6) is 0.605. The van der Waals surface area contributed by atoms with Crippen molar-refractivity contribution in [2.75, 3.05) is 5.75 Å². The van der Waals surface area contributed by atoms with E-state index in [1.165, 1.54) is 30.4 Å². The summed E-state index contributed by atoms with van der Waals surface area (Å²) in [5.41, 5.74) is 9.83. The van der Waals surface area contributed by atoms with E-state index in [2.05, 4.69) is 32.0 Å². The topological polar surface area (TPSA) is 43.1 Å². The van der Waals surface area contributed by atoms with Gasteiger partial charge < -0.3 is 5.73 Å². The highest BCUT2D eigenvalue weighted by Crippen LogP contribution is 2.24. The predicted octanol–water partition coefficient (Wildman–Crippen LogP) is 3.38. The quantitative estimate of drug-likeness (QED) is 0.918. The third-order valence-electron chi connectivity index (χ3n) is 3.94. The molecule has 0 radical (unpaired) electrons. The van der Waals surface area contributed by atoms with Gasteiger partial charge in [-0.15, -0.1) is 0 Å². The molecule has 1 aromatic rings. The Kier molecular flexibility index (Phi) is 5.17. The molecule has 1 saturated carbocycles. The highest BCUT2D eigenvalue weighted by atomic mass is 32.2. The van der Waals surface area contributed by atoms with Crippen molar-refractivity contribution >= 4 is 10.8 Å². The van der Waals surface area contributed by atoms with Crippen molar-refractivity contribution in [3.8, 4) is 0 Å². The molecule has 0 saturated heterocycles. The lowest BCUT2D eigenvalue weighted by atomic mass is 10.0. The van der Waals surface area contributed by atoms with Crippen LogP contribution in [0.5, 0.6) is 0 Å². The van der Waals surface area contributed by atoms with E-state index < -0.39 is 10.8 Å². The first-order chi connectivity index (χ1) is 9.06. The van der Waals surface area contributed by atoms with Crippen molar-refractivity contribution in [1.82, 2.24) is 0 Å². The van der Waals surface area contributed by atoms with Gasteiger partial charge in [0.25, 0.3) is 0 Å². The molecule has 0 aliphatic heterocycles. The maximum absolute atomic E-state index is 12.4. The second kappa shape index (κ2) is 6.67. The van der Waals surface area contributed by atoms with Gasteiger partial charge >= 0.3 is 0 Å². The van der Waals surface area contributed by atoms with E-state index in [9.17, 15) is 4.21 Å². The summed E-state index contributed by atoms with van der Waals surface area (Å²) in [6.07, 6.45) is 6.00. The monoisotopic (exact) mass is 279 g/mol. The van der Waals surface area contributed by atoms with Crippen LogP contribution >= 0.6 is 0 Å². The molecular weight excluding hydrogens is 254 g/mol. The van der Waals surface area contributed by atoms with Crippen LogP contribution in [0.25, 0.3) is 0 Å². The Bertz CT molecular complexity index is 432. The fourth-order valence-corrected chi connectivity index (χ4v) is 4.64. The van der Waals surface area contributed by atoms with E-state index in [1.807, 2.05) is 0 Å². The van der Waals surface area contributed by atoms with Gasteiger partial charge in [-0.2, -0.15) is 0 Å². The van der Waals surface area contributed by atoms with Crippen LogP contribution in [0.1, 0.15) is 54.8 Å². The zero-order valence-electron chi connectivity index (χ0n) is 12.0. The van der Waals surface area contributed by atoms with E-state index in [-0.39, 0.29) is 6.04 Å². The van der Waals surface area contributed by atoms with Crippen molar-refractivity contribution in [1.29, 1.82) is 0 Å². The highest BCUT2D eigenvalue weighted by molar-refractivity contribution is 7.85. The number of nitrogens with two attached hydrogens (primary N) is 1. The van der Waals surface area contributed by atoms with Crippen LogP contribution in [0.15, 0.2) is 18.2 Å². The minimum Gasteiger partial charge on any atom is -0.323 e.